The molecule has 0 saturated heterocycles. The van der Waals surface area contributed by atoms with Crippen LogP contribution in [0.25, 0.3) is 0 Å². The first-order chi connectivity index (χ1) is 12.2. The number of carbonyl (C=O) groups excluding carboxylic acids is 1. The Hall–Kier alpha value is -1.73. The Labute approximate surface area is 161 Å². The quantitative estimate of drug-likeness (QED) is 0.300. The van der Waals surface area contributed by atoms with Gasteiger partial charge in [0.05, 0.1) is 18.7 Å². The van der Waals surface area contributed by atoms with E-state index >= 15 is 0 Å². The summed E-state index contributed by atoms with van der Waals surface area (Å²) in [5.74, 6) is 0.984. The maximum atomic E-state index is 12.4. The molecular formula is C19H32N4O2S. The van der Waals surface area contributed by atoms with Gasteiger partial charge in [0.15, 0.2) is 5.96 Å². The fraction of sp³-hybridized carbons (Fsp3) is 0.579. The maximum absolute atomic E-state index is 12.4. The lowest BCUT2D eigenvalue weighted by molar-refractivity contribution is 0.0908. The number of carbonyl (C=O) groups is 1. The van der Waals surface area contributed by atoms with E-state index in [9.17, 15) is 9.90 Å². The highest BCUT2D eigenvalue weighted by Crippen LogP contribution is 2.17. The van der Waals surface area contributed by atoms with Gasteiger partial charge in [-0.25, -0.2) is 4.99 Å². The van der Waals surface area contributed by atoms with Gasteiger partial charge < -0.3 is 16.2 Å². The number of guanidine groups is 1. The van der Waals surface area contributed by atoms with E-state index < -0.39 is 0 Å². The summed E-state index contributed by atoms with van der Waals surface area (Å²) in [6, 6.07) is 7.15. The zero-order valence-corrected chi connectivity index (χ0v) is 17.1. The van der Waals surface area contributed by atoms with Crippen molar-refractivity contribution in [2.45, 2.75) is 58.0 Å². The minimum Gasteiger partial charge on any atom is -0.394 e. The fourth-order valence-corrected chi connectivity index (χ4v) is 2.83. The summed E-state index contributed by atoms with van der Waals surface area (Å²) in [4.78, 5) is 17.6. The molecule has 0 aliphatic heterocycles. The summed E-state index contributed by atoms with van der Waals surface area (Å²) in [7, 11) is 0. The van der Waals surface area contributed by atoms with Gasteiger partial charge in [-0.2, -0.15) is 0 Å². The molecule has 0 aliphatic carbocycles. The number of benzene rings is 1. The topological polar surface area (TPSA) is 99.7 Å². The minimum atomic E-state index is -0.239. The van der Waals surface area contributed by atoms with Crippen molar-refractivity contribution in [1.82, 2.24) is 10.0 Å². The van der Waals surface area contributed by atoms with Gasteiger partial charge in [-0.3, -0.25) is 9.52 Å². The van der Waals surface area contributed by atoms with Crippen LogP contribution in [-0.2, 0) is 0 Å². The van der Waals surface area contributed by atoms with Crippen molar-refractivity contribution in [3.8, 4) is 0 Å². The van der Waals surface area contributed by atoms with Crippen molar-refractivity contribution < 1.29 is 9.90 Å². The van der Waals surface area contributed by atoms with Gasteiger partial charge in [0.2, 0.25) is 0 Å². The molecule has 2 atom stereocenters. The Balaban J connectivity index is 2.68. The Kier molecular flexibility index (Phi) is 9.51. The van der Waals surface area contributed by atoms with E-state index in [1.54, 1.807) is 12.1 Å². The number of hydrogen-bond donors (Lipinski definition) is 4. The normalized spacial score (nSPS) is 14.4. The first-order valence-electron chi connectivity index (χ1n) is 9.00. The predicted molar refractivity (Wildman–Crippen MR) is 109 cm³/mol. The fourth-order valence-electron chi connectivity index (χ4n) is 2.22. The molecule has 0 radical (unpaired) electrons. The third kappa shape index (κ3) is 8.10. The van der Waals surface area contributed by atoms with Crippen molar-refractivity contribution in [3.05, 3.63) is 29.8 Å². The van der Waals surface area contributed by atoms with Gasteiger partial charge in [-0.15, -0.1) is 0 Å². The Bertz CT molecular complexity index is 605. The van der Waals surface area contributed by atoms with Crippen LogP contribution >= 0.6 is 11.9 Å². The lowest BCUT2D eigenvalue weighted by Gasteiger charge is -2.18. The molecule has 0 heterocycles. The standard InChI is InChI=1S/C19H32N4O2S/c1-12(2)9-16(11-24)22-18(25)15-7-6-8-17(10-15)26-23-19(20)21-14(5)13(3)4/h6-8,10,12-14,16,24H,9,11H2,1-5H3,(H,22,25)(H3,20,21,23)/t14?,16-/m1/s1. The first-order valence-corrected chi connectivity index (χ1v) is 9.82. The van der Waals surface area contributed by atoms with Crippen molar-refractivity contribution in [2.24, 2.45) is 22.6 Å². The molecule has 1 amide bonds. The van der Waals surface area contributed by atoms with Crippen LogP contribution in [0.1, 0.15) is 51.4 Å². The Morgan fingerprint density at radius 3 is 2.54 bits per heavy atom. The Morgan fingerprint density at radius 2 is 1.96 bits per heavy atom. The average molecular weight is 381 g/mol. The summed E-state index contributed by atoms with van der Waals surface area (Å²) in [6.45, 7) is 10.3. The van der Waals surface area contributed by atoms with Crippen molar-refractivity contribution in [2.75, 3.05) is 6.61 Å². The zero-order chi connectivity index (χ0) is 19.7. The molecular weight excluding hydrogens is 348 g/mol. The number of aliphatic hydroxyl groups excluding tert-OH is 1. The third-order valence-corrected chi connectivity index (χ3v) is 4.79. The number of nitrogens with zero attached hydrogens (tertiary/aromatic N) is 1. The molecule has 1 rings (SSSR count). The molecule has 146 valence electrons. The summed E-state index contributed by atoms with van der Waals surface area (Å²) in [5, 5.41) is 12.3. The van der Waals surface area contributed by atoms with Crippen LogP contribution in [0.5, 0.6) is 0 Å². The summed E-state index contributed by atoms with van der Waals surface area (Å²) >= 11 is 1.31. The molecule has 0 fully saturated rings. The number of hydrogen-bond acceptors (Lipinski definition) is 4. The van der Waals surface area contributed by atoms with E-state index in [2.05, 4.69) is 42.7 Å². The van der Waals surface area contributed by atoms with Gasteiger partial charge in [0, 0.05) is 10.5 Å². The molecule has 6 nitrogen and oxygen atoms in total. The van der Waals surface area contributed by atoms with Gasteiger partial charge in [-0.05, 0) is 55.3 Å². The van der Waals surface area contributed by atoms with E-state index in [-0.39, 0.29) is 24.6 Å². The number of amides is 1. The summed E-state index contributed by atoms with van der Waals surface area (Å²) in [6.07, 6.45) is 0.735. The SMILES string of the molecule is CC(C)C[C@H](CO)NC(=O)c1cccc(SN/C(N)=N/C(C)C(C)C)c1. The number of nitrogens with two attached hydrogens (primary N) is 1. The Morgan fingerprint density at radius 1 is 1.27 bits per heavy atom. The number of aliphatic hydroxyl groups is 1. The van der Waals surface area contributed by atoms with Crippen LogP contribution in [0.2, 0.25) is 0 Å². The number of nitrogens with one attached hydrogen (secondary N) is 2. The van der Waals surface area contributed by atoms with Crippen LogP contribution in [0.15, 0.2) is 34.2 Å². The highest BCUT2D eigenvalue weighted by atomic mass is 32.2. The molecule has 0 aliphatic rings. The highest BCUT2D eigenvalue weighted by molar-refractivity contribution is 7.98. The average Bonchev–Trinajstić information content (AvgIpc) is 2.59. The minimum absolute atomic E-state index is 0.0685. The molecule has 5 N–H and O–H groups in total. The van der Waals surface area contributed by atoms with Crippen LogP contribution in [-0.4, -0.2) is 35.7 Å². The summed E-state index contributed by atoms with van der Waals surface area (Å²) < 4.78 is 3.00. The zero-order valence-electron chi connectivity index (χ0n) is 16.3. The predicted octanol–water partition coefficient (Wildman–Crippen LogP) is 2.78. The van der Waals surface area contributed by atoms with Crippen molar-refractivity contribution in [3.63, 3.8) is 0 Å². The lowest BCUT2D eigenvalue weighted by atomic mass is 10.0. The van der Waals surface area contributed by atoms with Crippen LogP contribution < -0.4 is 15.8 Å². The number of rotatable bonds is 9. The molecule has 1 unspecified atom stereocenters. The van der Waals surface area contributed by atoms with Crippen molar-refractivity contribution in [1.29, 1.82) is 0 Å². The molecule has 1 aromatic rings. The molecule has 26 heavy (non-hydrogen) atoms. The monoisotopic (exact) mass is 380 g/mol. The van der Waals surface area contributed by atoms with Crippen LogP contribution in [0.4, 0.5) is 0 Å². The second-order valence-electron chi connectivity index (χ2n) is 7.21. The van der Waals surface area contributed by atoms with Crippen LogP contribution in [0.3, 0.4) is 0 Å². The van der Waals surface area contributed by atoms with E-state index in [1.165, 1.54) is 11.9 Å². The smallest absolute Gasteiger partial charge is 0.251 e. The second-order valence-corrected chi connectivity index (χ2v) is 8.09. The van der Waals surface area contributed by atoms with Gasteiger partial charge >= 0.3 is 0 Å². The van der Waals surface area contributed by atoms with E-state index in [4.69, 9.17) is 5.73 Å². The second kappa shape index (κ2) is 11.1. The van der Waals surface area contributed by atoms with Crippen LogP contribution in [0, 0.1) is 11.8 Å². The third-order valence-electron chi connectivity index (χ3n) is 3.99. The largest absolute Gasteiger partial charge is 0.394 e. The van der Waals surface area contributed by atoms with Gasteiger partial charge in [0.25, 0.3) is 5.91 Å². The molecule has 0 saturated carbocycles. The van der Waals surface area contributed by atoms with Gasteiger partial charge in [-0.1, -0.05) is 33.8 Å². The molecule has 0 spiro atoms. The highest BCUT2D eigenvalue weighted by Gasteiger charge is 2.15. The maximum Gasteiger partial charge on any atom is 0.251 e. The molecule has 1 aromatic carbocycles. The van der Waals surface area contributed by atoms with Gasteiger partial charge in [0.1, 0.15) is 0 Å². The summed E-state index contributed by atoms with van der Waals surface area (Å²) in [5.41, 5.74) is 6.45. The first kappa shape index (κ1) is 22.3. The van der Waals surface area contributed by atoms with E-state index in [0.717, 1.165) is 11.3 Å². The molecule has 0 aromatic heterocycles. The molecule has 7 heteroatoms. The van der Waals surface area contributed by atoms with E-state index in [0.29, 0.717) is 23.4 Å². The van der Waals surface area contributed by atoms with Crippen molar-refractivity contribution >= 4 is 23.8 Å². The lowest BCUT2D eigenvalue weighted by Crippen LogP contribution is -2.38. The van der Waals surface area contributed by atoms with E-state index in [1.807, 2.05) is 19.1 Å². The molecule has 0 bridgehead atoms. The number of aliphatic imine (C=N–C) groups is 1.